The number of benzene rings is 2. The minimum atomic E-state index is -0.859. The monoisotopic (exact) mass is 370 g/mol. The topological polar surface area (TPSA) is 20.2 Å². The molecule has 0 spiro atoms. The molecule has 4 rings (SSSR count). The van der Waals surface area contributed by atoms with Crippen LogP contribution in [-0.4, -0.2) is 5.11 Å². The van der Waals surface area contributed by atoms with Crippen molar-refractivity contribution in [1.82, 2.24) is 0 Å². The third-order valence-electron chi connectivity index (χ3n) is 6.99. The van der Waals surface area contributed by atoms with Crippen molar-refractivity contribution in [2.75, 3.05) is 0 Å². The predicted molar refractivity (Wildman–Crippen MR) is 104 cm³/mol. The molecule has 2 aliphatic carbocycles. The fourth-order valence-corrected chi connectivity index (χ4v) is 5.39. The number of rotatable bonds is 3. The van der Waals surface area contributed by atoms with Crippen molar-refractivity contribution in [1.29, 1.82) is 0 Å². The summed E-state index contributed by atoms with van der Waals surface area (Å²) in [6.07, 6.45) is 9.45. The van der Waals surface area contributed by atoms with Crippen LogP contribution < -0.4 is 0 Å². The van der Waals surface area contributed by atoms with E-state index in [1.54, 1.807) is 0 Å². The van der Waals surface area contributed by atoms with Crippen LogP contribution in [-0.2, 0) is 0 Å². The van der Waals surface area contributed by atoms with Crippen molar-refractivity contribution in [3.05, 3.63) is 65.2 Å². The molecular weight excluding hydrogens is 342 g/mol. The Morgan fingerprint density at radius 1 is 0.630 bits per heavy atom. The zero-order valence-corrected chi connectivity index (χ0v) is 15.7. The van der Waals surface area contributed by atoms with Gasteiger partial charge in [-0.15, -0.1) is 0 Å². The van der Waals surface area contributed by atoms with Crippen molar-refractivity contribution in [3.8, 4) is 5.75 Å². The highest BCUT2D eigenvalue weighted by molar-refractivity contribution is 5.32. The smallest absolute Gasteiger partial charge is 0.187 e. The van der Waals surface area contributed by atoms with Crippen LogP contribution in [0, 0.1) is 23.5 Å². The Kier molecular flexibility index (Phi) is 5.47. The number of hydrogen-bond acceptors (Lipinski definition) is 1. The quantitative estimate of drug-likeness (QED) is 0.622. The summed E-state index contributed by atoms with van der Waals surface area (Å²) in [4.78, 5) is 0. The van der Waals surface area contributed by atoms with E-state index in [9.17, 15) is 13.9 Å². The summed E-state index contributed by atoms with van der Waals surface area (Å²) in [5.41, 5.74) is 2.19. The number of phenols is 1. The molecule has 144 valence electrons. The van der Waals surface area contributed by atoms with Gasteiger partial charge in [0.25, 0.3) is 0 Å². The number of halogens is 2. The van der Waals surface area contributed by atoms with E-state index >= 15 is 0 Å². The molecule has 27 heavy (non-hydrogen) atoms. The highest BCUT2D eigenvalue weighted by Gasteiger charge is 2.32. The Morgan fingerprint density at radius 3 is 1.56 bits per heavy atom. The van der Waals surface area contributed by atoms with E-state index in [2.05, 4.69) is 30.3 Å². The van der Waals surface area contributed by atoms with Crippen molar-refractivity contribution in [3.63, 3.8) is 0 Å². The van der Waals surface area contributed by atoms with Crippen molar-refractivity contribution in [2.24, 2.45) is 11.8 Å². The van der Waals surface area contributed by atoms with Gasteiger partial charge in [0.05, 0.1) is 0 Å². The Balaban J connectivity index is 1.31. The lowest BCUT2D eigenvalue weighted by molar-refractivity contribution is 0.177. The van der Waals surface area contributed by atoms with Crippen LogP contribution in [0.1, 0.15) is 74.3 Å². The molecule has 0 heterocycles. The Labute approximate surface area is 160 Å². The van der Waals surface area contributed by atoms with E-state index in [0.29, 0.717) is 11.5 Å². The lowest BCUT2D eigenvalue weighted by Crippen LogP contribution is -2.25. The first-order chi connectivity index (χ1) is 13.1. The second-order valence-electron chi connectivity index (χ2n) is 8.47. The highest BCUT2D eigenvalue weighted by atomic mass is 19.1. The van der Waals surface area contributed by atoms with Crippen LogP contribution in [0.3, 0.4) is 0 Å². The number of aromatic hydroxyl groups is 1. The van der Waals surface area contributed by atoms with Gasteiger partial charge in [-0.1, -0.05) is 30.3 Å². The molecule has 2 aromatic carbocycles. The summed E-state index contributed by atoms with van der Waals surface area (Å²) in [7, 11) is 0. The van der Waals surface area contributed by atoms with Crippen molar-refractivity contribution in [2.45, 2.75) is 63.2 Å². The van der Waals surface area contributed by atoms with Crippen molar-refractivity contribution >= 4 is 0 Å². The molecule has 2 saturated carbocycles. The maximum Gasteiger partial charge on any atom is 0.187 e. The van der Waals surface area contributed by atoms with Crippen LogP contribution in [0.15, 0.2) is 42.5 Å². The second-order valence-corrected chi connectivity index (χ2v) is 8.47. The normalized spacial score (nSPS) is 28.8. The molecule has 0 aromatic heterocycles. The van der Waals surface area contributed by atoms with Gasteiger partial charge >= 0.3 is 0 Å². The molecule has 0 atom stereocenters. The van der Waals surface area contributed by atoms with Gasteiger partial charge in [-0.05, 0) is 98.3 Å². The van der Waals surface area contributed by atoms with E-state index in [1.165, 1.54) is 43.4 Å². The van der Waals surface area contributed by atoms with Crippen LogP contribution in [0.4, 0.5) is 8.78 Å². The lowest BCUT2D eigenvalue weighted by atomic mass is 9.67. The minimum absolute atomic E-state index is 0.214. The molecule has 2 fully saturated rings. The Bertz CT molecular complexity index is 734. The fraction of sp³-hybridized carbons (Fsp3) is 0.500. The molecule has 0 unspecified atom stereocenters. The maximum absolute atomic E-state index is 13.6. The first kappa shape index (κ1) is 18.5. The molecule has 0 aliphatic heterocycles. The highest BCUT2D eigenvalue weighted by Crippen LogP contribution is 2.46. The molecule has 1 N–H and O–H groups in total. The molecule has 3 heteroatoms. The summed E-state index contributed by atoms with van der Waals surface area (Å²) < 4.78 is 27.3. The Hall–Kier alpha value is -1.90. The average molecular weight is 370 g/mol. The van der Waals surface area contributed by atoms with Gasteiger partial charge < -0.3 is 5.11 Å². The van der Waals surface area contributed by atoms with E-state index in [1.807, 2.05) is 0 Å². The zero-order valence-electron chi connectivity index (χ0n) is 15.7. The standard InChI is InChI=1S/C24H28F2O/c25-22-14-21(15-23(26)24(22)27)20-12-10-19(11-13-20)18-8-6-17(7-9-18)16-4-2-1-3-5-16/h1-5,14-15,17-20,27H,6-13H2. The van der Waals surface area contributed by atoms with Gasteiger partial charge in [0, 0.05) is 0 Å². The van der Waals surface area contributed by atoms with Crippen molar-refractivity contribution < 1.29 is 13.9 Å². The summed E-state index contributed by atoms with van der Waals surface area (Å²) in [6.45, 7) is 0. The third kappa shape index (κ3) is 4.02. The average Bonchev–Trinajstić information content (AvgIpc) is 2.72. The molecule has 0 amide bonds. The Morgan fingerprint density at radius 2 is 1.07 bits per heavy atom. The molecule has 0 saturated heterocycles. The van der Waals surface area contributed by atoms with Gasteiger partial charge in [0.2, 0.25) is 0 Å². The van der Waals surface area contributed by atoms with Gasteiger partial charge in [0.1, 0.15) is 0 Å². The van der Waals surface area contributed by atoms with E-state index in [0.717, 1.165) is 37.5 Å². The molecule has 2 aliphatic rings. The third-order valence-corrected chi connectivity index (χ3v) is 6.99. The largest absolute Gasteiger partial charge is 0.503 e. The number of hydrogen-bond donors (Lipinski definition) is 1. The van der Waals surface area contributed by atoms with Crippen LogP contribution in [0.2, 0.25) is 0 Å². The molecule has 0 bridgehead atoms. The van der Waals surface area contributed by atoms with E-state index < -0.39 is 17.4 Å². The summed E-state index contributed by atoms with van der Waals surface area (Å²) in [6, 6.07) is 13.5. The molecular formula is C24H28F2O. The summed E-state index contributed by atoms with van der Waals surface area (Å²) in [5, 5.41) is 9.30. The second kappa shape index (κ2) is 8.00. The SMILES string of the molecule is Oc1c(F)cc(C2CCC(C3CCC(c4ccccc4)CC3)CC2)cc1F. The first-order valence-corrected chi connectivity index (χ1v) is 10.3. The van der Waals surface area contributed by atoms with Gasteiger partial charge in [-0.25, -0.2) is 8.78 Å². The van der Waals surface area contributed by atoms with Crippen LogP contribution >= 0.6 is 0 Å². The first-order valence-electron chi connectivity index (χ1n) is 10.3. The van der Waals surface area contributed by atoms with E-state index in [4.69, 9.17) is 0 Å². The molecule has 1 nitrogen and oxygen atoms in total. The van der Waals surface area contributed by atoms with Gasteiger partial charge in [-0.3, -0.25) is 0 Å². The van der Waals surface area contributed by atoms with Gasteiger partial charge in [-0.2, -0.15) is 0 Å². The van der Waals surface area contributed by atoms with Crippen LogP contribution in [0.25, 0.3) is 0 Å². The van der Waals surface area contributed by atoms with E-state index in [-0.39, 0.29) is 5.92 Å². The zero-order chi connectivity index (χ0) is 18.8. The molecule has 0 radical (unpaired) electrons. The maximum atomic E-state index is 13.6. The van der Waals surface area contributed by atoms with Gasteiger partial charge in [0.15, 0.2) is 17.4 Å². The lowest BCUT2D eigenvalue weighted by Gasteiger charge is -2.38. The summed E-state index contributed by atoms with van der Waals surface area (Å²) in [5.74, 6) is -0.0578. The number of phenolic OH excluding ortho intramolecular Hbond substituents is 1. The summed E-state index contributed by atoms with van der Waals surface area (Å²) >= 11 is 0. The fourth-order valence-electron chi connectivity index (χ4n) is 5.39. The molecule has 2 aromatic rings. The minimum Gasteiger partial charge on any atom is -0.503 e. The van der Waals surface area contributed by atoms with Crippen LogP contribution in [0.5, 0.6) is 5.75 Å². The predicted octanol–water partition coefficient (Wildman–Crippen LogP) is 6.92.